The molecule has 1 amide bonds. The topological polar surface area (TPSA) is 32.3 Å². The predicted molar refractivity (Wildman–Crippen MR) is 86.4 cm³/mol. The lowest BCUT2D eigenvalue weighted by atomic mass is 10.1. The van der Waals surface area contributed by atoms with Gasteiger partial charge in [0, 0.05) is 21.7 Å². The highest BCUT2D eigenvalue weighted by molar-refractivity contribution is 14.1. The number of carbonyl (C=O) groups is 1. The minimum absolute atomic E-state index is 0.0300. The smallest absolute Gasteiger partial charge is 0.251 e. The number of piperidine rings is 1. The molecular formula is C15H21IN2O. The first kappa shape index (κ1) is 14.8. The van der Waals surface area contributed by atoms with Crippen molar-refractivity contribution in [1.82, 2.24) is 10.2 Å². The van der Waals surface area contributed by atoms with Crippen molar-refractivity contribution in [3.8, 4) is 0 Å². The van der Waals surface area contributed by atoms with Gasteiger partial charge in [-0.3, -0.25) is 9.69 Å². The lowest BCUT2D eigenvalue weighted by molar-refractivity contribution is 0.0930. The van der Waals surface area contributed by atoms with E-state index >= 15 is 0 Å². The molecule has 1 atom stereocenters. The van der Waals surface area contributed by atoms with Crippen molar-refractivity contribution in [3.63, 3.8) is 0 Å². The Morgan fingerprint density at radius 1 is 1.37 bits per heavy atom. The van der Waals surface area contributed by atoms with Crippen molar-refractivity contribution in [1.29, 1.82) is 0 Å². The first-order valence-electron chi connectivity index (χ1n) is 6.94. The largest absolute Gasteiger partial charge is 0.350 e. The second-order valence-electron chi connectivity index (χ2n) is 5.17. The van der Waals surface area contributed by atoms with Crippen LogP contribution in [0.4, 0.5) is 0 Å². The molecular weight excluding hydrogens is 351 g/mol. The van der Waals surface area contributed by atoms with Crippen molar-refractivity contribution in [2.75, 3.05) is 19.6 Å². The van der Waals surface area contributed by atoms with Gasteiger partial charge in [-0.2, -0.15) is 0 Å². The maximum absolute atomic E-state index is 12.1. The summed E-state index contributed by atoms with van der Waals surface area (Å²) in [6.45, 7) is 5.26. The molecule has 3 nitrogen and oxygen atoms in total. The van der Waals surface area contributed by atoms with Gasteiger partial charge in [0.2, 0.25) is 0 Å². The van der Waals surface area contributed by atoms with E-state index < -0.39 is 0 Å². The predicted octanol–water partition coefficient (Wildman–Crippen LogP) is 2.90. The molecule has 1 aromatic carbocycles. The molecule has 1 fully saturated rings. The van der Waals surface area contributed by atoms with Gasteiger partial charge in [0.1, 0.15) is 0 Å². The summed E-state index contributed by atoms with van der Waals surface area (Å²) in [6, 6.07) is 8.12. The Kier molecular flexibility index (Phi) is 5.63. The fourth-order valence-electron chi connectivity index (χ4n) is 2.46. The highest BCUT2D eigenvalue weighted by Crippen LogP contribution is 2.12. The van der Waals surface area contributed by atoms with E-state index in [2.05, 4.69) is 39.7 Å². The molecule has 19 heavy (non-hydrogen) atoms. The summed E-state index contributed by atoms with van der Waals surface area (Å²) in [5.74, 6) is 0.0300. The van der Waals surface area contributed by atoms with Crippen LogP contribution >= 0.6 is 22.6 Å². The number of carbonyl (C=O) groups excluding carboxylic acids is 1. The van der Waals surface area contributed by atoms with Gasteiger partial charge in [-0.15, -0.1) is 0 Å². The fraction of sp³-hybridized carbons (Fsp3) is 0.533. The number of likely N-dealkylation sites (tertiary alicyclic amines) is 1. The zero-order valence-corrected chi connectivity index (χ0v) is 13.5. The molecule has 0 aromatic heterocycles. The molecule has 0 aliphatic carbocycles. The number of amides is 1. The molecule has 4 heteroatoms. The zero-order chi connectivity index (χ0) is 13.7. The Balaban J connectivity index is 1.82. The van der Waals surface area contributed by atoms with E-state index in [-0.39, 0.29) is 5.91 Å². The maximum atomic E-state index is 12.1. The average molecular weight is 372 g/mol. The first-order chi connectivity index (χ1) is 9.16. The van der Waals surface area contributed by atoms with Crippen molar-refractivity contribution >= 4 is 28.5 Å². The molecule has 0 radical (unpaired) electrons. The van der Waals surface area contributed by atoms with Gasteiger partial charge in [-0.1, -0.05) is 12.5 Å². The molecule has 1 aromatic rings. The van der Waals surface area contributed by atoms with Crippen LogP contribution < -0.4 is 5.32 Å². The van der Waals surface area contributed by atoms with E-state index in [4.69, 9.17) is 0 Å². The van der Waals surface area contributed by atoms with Crippen LogP contribution in [0.25, 0.3) is 0 Å². The summed E-state index contributed by atoms with van der Waals surface area (Å²) in [7, 11) is 0. The molecule has 0 saturated carbocycles. The molecule has 0 bridgehead atoms. The third-order valence-electron chi connectivity index (χ3n) is 3.66. The van der Waals surface area contributed by atoms with E-state index in [1.54, 1.807) is 0 Å². The standard InChI is InChI=1S/C15H21IN2O/c1-12(18-8-3-2-4-9-18)11-17-15(19)13-6-5-7-14(16)10-13/h5-7,10,12H,2-4,8-9,11H2,1H3,(H,17,19). The van der Waals surface area contributed by atoms with Crippen LogP contribution in [-0.4, -0.2) is 36.5 Å². The molecule has 0 spiro atoms. The lowest BCUT2D eigenvalue weighted by Crippen LogP contribution is -2.44. The summed E-state index contributed by atoms with van der Waals surface area (Å²) in [4.78, 5) is 14.5. The Morgan fingerprint density at radius 2 is 2.11 bits per heavy atom. The number of nitrogens with zero attached hydrogens (tertiary/aromatic N) is 1. The van der Waals surface area contributed by atoms with E-state index in [0.29, 0.717) is 6.04 Å². The van der Waals surface area contributed by atoms with Gasteiger partial charge < -0.3 is 5.32 Å². The van der Waals surface area contributed by atoms with Gasteiger partial charge in [0.15, 0.2) is 0 Å². The molecule has 1 heterocycles. The number of rotatable bonds is 4. The normalized spacial score (nSPS) is 18.0. The third kappa shape index (κ3) is 4.45. The number of halogens is 1. The van der Waals surface area contributed by atoms with Crippen molar-refractivity contribution in [2.45, 2.75) is 32.2 Å². The first-order valence-corrected chi connectivity index (χ1v) is 8.02. The summed E-state index contributed by atoms with van der Waals surface area (Å²) in [5, 5.41) is 3.04. The maximum Gasteiger partial charge on any atom is 0.251 e. The number of hydrogen-bond acceptors (Lipinski definition) is 2. The second-order valence-corrected chi connectivity index (χ2v) is 6.41. The van der Waals surface area contributed by atoms with Crippen molar-refractivity contribution in [3.05, 3.63) is 33.4 Å². The highest BCUT2D eigenvalue weighted by atomic mass is 127. The van der Waals surface area contributed by atoms with E-state index in [0.717, 1.165) is 15.7 Å². The quantitative estimate of drug-likeness (QED) is 0.825. The van der Waals surface area contributed by atoms with Gasteiger partial charge in [0.25, 0.3) is 5.91 Å². The average Bonchev–Trinajstić information content (AvgIpc) is 2.45. The van der Waals surface area contributed by atoms with Crippen molar-refractivity contribution in [2.24, 2.45) is 0 Å². The number of nitrogens with one attached hydrogen (secondary N) is 1. The number of hydrogen-bond donors (Lipinski definition) is 1. The number of benzene rings is 1. The van der Waals surface area contributed by atoms with Crippen molar-refractivity contribution < 1.29 is 4.79 Å². The molecule has 1 saturated heterocycles. The van der Waals surface area contributed by atoms with E-state index in [1.165, 1.54) is 32.4 Å². The van der Waals surface area contributed by atoms with Crippen LogP contribution in [-0.2, 0) is 0 Å². The van der Waals surface area contributed by atoms with Gasteiger partial charge in [-0.25, -0.2) is 0 Å². The van der Waals surface area contributed by atoms with Gasteiger partial charge >= 0.3 is 0 Å². The summed E-state index contributed by atoms with van der Waals surface area (Å²) in [5.41, 5.74) is 0.748. The van der Waals surface area contributed by atoms with Gasteiger partial charge in [-0.05, 0) is 73.6 Å². The minimum Gasteiger partial charge on any atom is -0.350 e. The second kappa shape index (κ2) is 7.24. The van der Waals surface area contributed by atoms with Crippen LogP contribution in [0.3, 0.4) is 0 Å². The third-order valence-corrected chi connectivity index (χ3v) is 4.33. The van der Waals surface area contributed by atoms with E-state index in [1.807, 2.05) is 24.3 Å². The minimum atomic E-state index is 0.0300. The summed E-state index contributed by atoms with van der Waals surface area (Å²) in [6.07, 6.45) is 3.92. The molecule has 1 unspecified atom stereocenters. The van der Waals surface area contributed by atoms with Crippen LogP contribution in [0.15, 0.2) is 24.3 Å². The van der Waals surface area contributed by atoms with Crippen LogP contribution in [0.1, 0.15) is 36.5 Å². The summed E-state index contributed by atoms with van der Waals surface area (Å²) < 4.78 is 1.09. The Bertz CT molecular complexity index is 430. The molecule has 1 aliphatic rings. The molecule has 2 rings (SSSR count). The Hall–Kier alpha value is -0.620. The van der Waals surface area contributed by atoms with Crippen LogP contribution in [0.2, 0.25) is 0 Å². The van der Waals surface area contributed by atoms with E-state index in [9.17, 15) is 4.79 Å². The lowest BCUT2D eigenvalue weighted by Gasteiger charge is -2.32. The molecule has 1 N–H and O–H groups in total. The van der Waals surface area contributed by atoms with Crippen LogP contribution in [0, 0.1) is 3.57 Å². The highest BCUT2D eigenvalue weighted by Gasteiger charge is 2.17. The Morgan fingerprint density at radius 3 is 2.79 bits per heavy atom. The molecule has 1 aliphatic heterocycles. The Labute approximate surface area is 128 Å². The van der Waals surface area contributed by atoms with Crippen LogP contribution in [0.5, 0.6) is 0 Å². The van der Waals surface area contributed by atoms with Gasteiger partial charge in [0.05, 0.1) is 0 Å². The monoisotopic (exact) mass is 372 g/mol. The zero-order valence-electron chi connectivity index (χ0n) is 11.4. The summed E-state index contributed by atoms with van der Waals surface area (Å²) >= 11 is 2.23. The fourth-order valence-corrected chi connectivity index (χ4v) is 3.00. The molecule has 104 valence electrons. The SMILES string of the molecule is CC(CNC(=O)c1cccc(I)c1)N1CCCCC1.